The number of nitrogens with one attached hydrogen (secondary N) is 1. The summed E-state index contributed by atoms with van der Waals surface area (Å²) in [5, 5.41) is 36.8. The Morgan fingerprint density at radius 2 is 1.04 bits per heavy atom. The van der Waals surface area contributed by atoms with E-state index in [1.165, 1.54) is 94.5 Å². The van der Waals surface area contributed by atoms with E-state index in [-0.39, 0.29) is 5.56 Å². The molecule has 0 unspecified atom stereocenters. The first-order valence-electron chi connectivity index (χ1n) is 34.9. The third-order valence-corrected chi connectivity index (χ3v) is 20.2. The number of tetrazole rings is 1. The third-order valence-electron chi connectivity index (χ3n) is 20.2. The number of rotatable bonds is 25. The molecule has 0 amide bonds. The molecule has 5 aliphatic rings. The number of carboxylic acid groups (broad SMARTS) is 2. The highest BCUT2D eigenvalue weighted by Gasteiger charge is 2.30. The van der Waals surface area contributed by atoms with Crippen LogP contribution in [0, 0.1) is 11.8 Å². The van der Waals surface area contributed by atoms with Gasteiger partial charge in [-0.1, -0.05) is 78.9 Å². The predicted octanol–water partition coefficient (Wildman–Crippen LogP) is 14.6. The maximum atomic E-state index is 11.3. The molecule has 0 radical (unpaired) electrons. The van der Waals surface area contributed by atoms with E-state index in [2.05, 4.69) is 147 Å². The van der Waals surface area contributed by atoms with Gasteiger partial charge in [0.05, 0.1) is 18.8 Å². The minimum atomic E-state index is -0.947. The Morgan fingerprint density at radius 1 is 0.516 bits per heavy atom. The van der Waals surface area contributed by atoms with Gasteiger partial charge >= 0.3 is 11.9 Å². The maximum Gasteiger partial charge on any atom is 0.339 e. The molecule has 10 aromatic rings. The van der Waals surface area contributed by atoms with Crippen molar-refractivity contribution in [3.8, 4) is 22.9 Å². The summed E-state index contributed by atoms with van der Waals surface area (Å²) in [4.78, 5) is 30.0. The second-order valence-electron chi connectivity index (χ2n) is 26.8. The van der Waals surface area contributed by atoms with Gasteiger partial charge in [-0.05, 0) is 241 Å². The third kappa shape index (κ3) is 16.7. The lowest BCUT2D eigenvalue weighted by Gasteiger charge is -2.32. The van der Waals surface area contributed by atoms with Crippen LogP contribution in [0.4, 0.5) is 0 Å². The first-order valence-corrected chi connectivity index (χ1v) is 34.9. The summed E-state index contributed by atoms with van der Waals surface area (Å²) >= 11 is 0. The fourth-order valence-corrected chi connectivity index (χ4v) is 14.7. The molecule has 0 atom stereocenters. The fourth-order valence-electron chi connectivity index (χ4n) is 14.7. The van der Waals surface area contributed by atoms with Crippen LogP contribution < -0.4 is 9.47 Å². The zero-order valence-corrected chi connectivity index (χ0v) is 55.0. The first kappa shape index (κ1) is 65.1. The standard InChI is InChI=1S/C27H34N6O2.C26H30N2O3.C25H28N2O2/c1-2-34-19-17-33-20-25(24-6-3-4-7-26(24)33)21-12-15-32(16-13-21)14-5-18-35-23-10-8-22(9-11-23)27-28-30-31-29-27;29-26(30)22-6-2-4-8-25(22)31-16-15-27-13-11-20(12-14-27)23-18-28(17-19-9-10-19)24-7-3-1-5-21(23)24;28-25(29)21-5-3-4-19(14-21)15-26-12-10-20(11-13-26)23-17-27(16-18-8-9-18)24-7-2-1-6-22(23)24/h3-4,6-11,20-21H,2,5,12-19H2,1H3,(H,28,29,30,31);1-8,18-20H,9-17H2,(H,29,30);1-7,14,17-18,20H,8-13,15-16H2,(H,28,29). The molecule has 15 rings (SSSR count). The molecule has 17 heteroatoms. The summed E-state index contributed by atoms with van der Waals surface area (Å²) in [5.74, 6) is 3.71. The van der Waals surface area contributed by atoms with Gasteiger partial charge < -0.3 is 43.0 Å². The molecule has 17 nitrogen and oxygen atoms in total. The lowest BCUT2D eigenvalue weighted by molar-refractivity contribution is 0.0682. The molecule has 496 valence electrons. The highest BCUT2D eigenvalue weighted by Crippen LogP contribution is 2.40. The summed E-state index contributed by atoms with van der Waals surface area (Å²) < 4.78 is 24.7. The Morgan fingerprint density at radius 3 is 1.58 bits per heavy atom. The highest BCUT2D eigenvalue weighted by molar-refractivity contribution is 5.91. The number of aromatic nitrogens is 7. The predicted molar refractivity (Wildman–Crippen MR) is 374 cm³/mol. The van der Waals surface area contributed by atoms with Crippen molar-refractivity contribution in [2.75, 3.05) is 78.8 Å². The van der Waals surface area contributed by atoms with Crippen molar-refractivity contribution in [3.05, 3.63) is 198 Å². The van der Waals surface area contributed by atoms with Crippen molar-refractivity contribution in [2.45, 2.75) is 121 Å². The van der Waals surface area contributed by atoms with Crippen molar-refractivity contribution in [2.24, 2.45) is 11.8 Å². The number of carboxylic acids is 2. The van der Waals surface area contributed by atoms with Crippen molar-refractivity contribution >= 4 is 44.6 Å². The van der Waals surface area contributed by atoms with Crippen LogP contribution in [0.25, 0.3) is 44.1 Å². The van der Waals surface area contributed by atoms with Crippen LogP contribution >= 0.6 is 0 Å². The Hall–Kier alpha value is -8.61. The van der Waals surface area contributed by atoms with Crippen LogP contribution in [-0.2, 0) is 30.9 Å². The summed E-state index contributed by atoms with van der Waals surface area (Å²) in [6.45, 7) is 17.3. The quantitative estimate of drug-likeness (QED) is 0.0460. The summed E-state index contributed by atoms with van der Waals surface area (Å²) in [6.07, 6.45) is 20.8. The van der Waals surface area contributed by atoms with Crippen molar-refractivity contribution in [1.29, 1.82) is 0 Å². The molecule has 95 heavy (non-hydrogen) atoms. The average Bonchev–Trinajstić information content (AvgIpc) is 1.66. The van der Waals surface area contributed by atoms with Gasteiger partial charge in [-0.3, -0.25) is 9.80 Å². The number of nitrogens with zero attached hydrogens (tertiary/aromatic N) is 9. The maximum absolute atomic E-state index is 11.3. The lowest BCUT2D eigenvalue weighted by atomic mass is 9.89. The number of ether oxygens (including phenoxy) is 3. The molecular formula is C78H92N10O7. The summed E-state index contributed by atoms with van der Waals surface area (Å²) in [5.41, 5.74) is 11.3. The minimum Gasteiger partial charge on any atom is -0.494 e. The van der Waals surface area contributed by atoms with Crippen LogP contribution in [0.3, 0.4) is 0 Å². The van der Waals surface area contributed by atoms with Gasteiger partial charge in [-0.15, -0.1) is 10.2 Å². The average molecular weight is 1280 g/mol. The van der Waals surface area contributed by atoms with Crippen LogP contribution in [0.5, 0.6) is 11.5 Å². The van der Waals surface area contributed by atoms with Gasteiger partial charge in [-0.25, -0.2) is 9.59 Å². The van der Waals surface area contributed by atoms with Gasteiger partial charge in [0.15, 0.2) is 0 Å². The van der Waals surface area contributed by atoms with Gasteiger partial charge in [-0.2, -0.15) is 5.21 Å². The molecule has 3 N–H and O–H groups in total. The fraction of sp³-hybridized carbons (Fsp3) is 0.423. The normalized spacial score (nSPS) is 17.0. The van der Waals surface area contributed by atoms with E-state index in [0.29, 0.717) is 41.5 Å². The molecule has 0 spiro atoms. The molecule has 2 saturated carbocycles. The molecule has 3 saturated heterocycles. The van der Waals surface area contributed by atoms with E-state index in [1.807, 2.05) is 42.5 Å². The second kappa shape index (κ2) is 31.3. The molecule has 2 aliphatic carbocycles. The Kier molecular flexibility index (Phi) is 21.4. The van der Waals surface area contributed by atoms with E-state index in [4.69, 9.17) is 14.2 Å². The van der Waals surface area contributed by atoms with Gasteiger partial charge in [0.2, 0.25) is 5.82 Å². The largest absolute Gasteiger partial charge is 0.494 e. The van der Waals surface area contributed by atoms with Gasteiger partial charge in [0.1, 0.15) is 23.7 Å². The van der Waals surface area contributed by atoms with Crippen molar-refractivity contribution < 1.29 is 34.0 Å². The first-order chi connectivity index (χ1) is 46.7. The number of fused-ring (bicyclic) bond motifs is 3. The minimum absolute atomic E-state index is 0.226. The molecule has 7 heterocycles. The molecule has 6 aromatic carbocycles. The monoisotopic (exact) mass is 1280 g/mol. The SMILES string of the molecule is CCOCCn1cc(C2CCN(CCCOc3ccc(-c4nn[nH]n4)cc3)CC2)c2ccccc21.O=C(O)c1cccc(CN2CCC(c3cn(CC4CC4)c4ccccc34)CC2)c1.O=C(O)c1ccccc1OCCN1CCC(c2cn(CC3CC3)c3ccccc23)CC1. The Balaban J connectivity index is 0.000000130. The lowest BCUT2D eigenvalue weighted by Crippen LogP contribution is -2.35. The number of hydrogen-bond donors (Lipinski definition) is 3. The van der Waals surface area contributed by atoms with Crippen LogP contribution in [0.1, 0.15) is 138 Å². The number of para-hydroxylation sites is 4. The topological polar surface area (TPSA) is 181 Å². The molecule has 5 fully saturated rings. The number of H-pyrrole nitrogens is 1. The van der Waals surface area contributed by atoms with E-state index in [1.54, 1.807) is 30.3 Å². The number of benzene rings is 6. The number of aromatic amines is 1. The Bertz CT molecular complexity index is 4110. The van der Waals surface area contributed by atoms with Crippen molar-refractivity contribution in [1.82, 2.24) is 49.0 Å². The number of aromatic carboxylic acids is 2. The van der Waals surface area contributed by atoms with Crippen LogP contribution in [0.2, 0.25) is 0 Å². The van der Waals surface area contributed by atoms with E-state index in [9.17, 15) is 19.8 Å². The number of hydrogen-bond acceptors (Lipinski definition) is 11. The molecule has 4 aromatic heterocycles. The van der Waals surface area contributed by atoms with Crippen LogP contribution in [0.15, 0.2) is 164 Å². The summed E-state index contributed by atoms with van der Waals surface area (Å²) in [6, 6.07) is 48.6. The van der Waals surface area contributed by atoms with E-state index in [0.717, 1.165) is 153 Å². The molecule has 3 aliphatic heterocycles. The number of piperidine rings is 3. The van der Waals surface area contributed by atoms with E-state index < -0.39 is 11.9 Å². The zero-order chi connectivity index (χ0) is 64.9. The number of carbonyl (C=O) groups is 2. The van der Waals surface area contributed by atoms with Gasteiger partial charge in [0, 0.05) is 103 Å². The highest BCUT2D eigenvalue weighted by atomic mass is 16.5. The zero-order valence-electron chi connectivity index (χ0n) is 55.0. The molecule has 0 bridgehead atoms. The van der Waals surface area contributed by atoms with E-state index >= 15 is 0 Å². The summed E-state index contributed by atoms with van der Waals surface area (Å²) in [7, 11) is 0. The van der Waals surface area contributed by atoms with Gasteiger partial charge in [0.25, 0.3) is 0 Å². The van der Waals surface area contributed by atoms with Crippen molar-refractivity contribution in [3.63, 3.8) is 0 Å². The number of likely N-dealkylation sites (tertiary alicyclic amines) is 3. The Labute approximate surface area is 557 Å². The molecular weight excluding hydrogens is 1190 g/mol. The smallest absolute Gasteiger partial charge is 0.339 e. The second-order valence-corrected chi connectivity index (χ2v) is 26.8. The van der Waals surface area contributed by atoms with Crippen LogP contribution in [-0.4, -0.2) is 150 Å².